The molecule has 1 saturated heterocycles. The third kappa shape index (κ3) is 5.69. The number of carbonyl (C=O) groups excluding carboxylic acids is 1. The molecule has 1 amide bonds. The summed E-state index contributed by atoms with van der Waals surface area (Å²) in [7, 11) is 0. The summed E-state index contributed by atoms with van der Waals surface area (Å²) in [6.45, 7) is 4.66. The molecule has 1 heterocycles. The van der Waals surface area contributed by atoms with Crippen molar-refractivity contribution in [3.8, 4) is 5.75 Å². The number of benzene rings is 1. The van der Waals surface area contributed by atoms with Crippen LogP contribution in [0.4, 0.5) is 13.6 Å². The highest BCUT2D eigenvalue weighted by Gasteiger charge is 2.37. The molecule has 0 atom stereocenters. The van der Waals surface area contributed by atoms with Gasteiger partial charge in [-0.3, -0.25) is 0 Å². The van der Waals surface area contributed by atoms with Gasteiger partial charge in [-0.25, -0.2) is 18.4 Å². The van der Waals surface area contributed by atoms with Gasteiger partial charge in [-0.05, 0) is 26.8 Å². The van der Waals surface area contributed by atoms with E-state index >= 15 is 0 Å². The van der Waals surface area contributed by atoms with E-state index in [-0.39, 0.29) is 42.3 Å². The van der Waals surface area contributed by atoms with E-state index in [0.717, 1.165) is 17.0 Å². The molecule has 1 aromatic rings. The van der Waals surface area contributed by atoms with Gasteiger partial charge in [-0.2, -0.15) is 0 Å². The summed E-state index contributed by atoms with van der Waals surface area (Å²) in [5.74, 6) is -1.85. The number of nitrogens with zero attached hydrogens (tertiary/aromatic N) is 1. The molecule has 1 aliphatic heterocycles. The Balaban J connectivity index is 2.05. The van der Waals surface area contributed by atoms with Crippen molar-refractivity contribution >= 4 is 23.7 Å². The fourth-order valence-corrected chi connectivity index (χ4v) is 2.80. The molecule has 150 valence electrons. The van der Waals surface area contributed by atoms with Crippen molar-refractivity contribution in [2.75, 3.05) is 19.7 Å². The first kappa shape index (κ1) is 21.2. The molecule has 0 spiro atoms. The number of hydrogen-bond donors (Lipinski definition) is 1. The van der Waals surface area contributed by atoms with Crippen molar-refractivity contribution in [3.05, 3.63) is 28.5 Å². The van der Waals surface area contributed by atoms with Gasteiger partial charge < -0.3 is 19.5 Å². The average molecular weight is 406 g/mol. The van der Waals surface area contributed by atoms with Gasteiger partial charge in [0.25, 0.3) is 0 Å². The lowest BCUT2D eigenvalue weighted by Gasteiger charge is -2.34. The van der Waals surface area contributed by atoms with Gasteiger partial charge in [0.2, 0.25) is 0 Å². The molecule has 9 heteroatoms. The quantitative estimate of drug-likeness (QED) is 0.756. The highest BCUT2D eigenvalue weighted by atomic mass is 35.5. The summed E-state index contributed by atoms with van der Waals surface area (Å²) < 4.78 is 39.5. The van der Waals surface area contributed by atoms with E-state index in [0.29, 0.717) is 0 Å². The molecule has 1 aliphatic rings. The second-order valence-corrected chi connectivity index (χ2v) is 7.88. The van der Waals surface area contributed by atoms with Crippen LogP contribution in [0.1, 0.15) is 44.0 Å². The Bertz CT molecular complexity index is 727. The molecule has 0 radical (unpaired) electrons. The fraction of sp³-hybridized carbons (Fsp3) is 0.556. The Morgan fingerprint density at radius 1 is 1.30 bits per heavy atom. The maximum Gasteiger partial charge on any atom is 0.407 e. The highest BCUT2D eigenvalue weighted by Crippen LogP contribution is 2.32. The van der Waals surface area contributed by atoms with E-state index in [1.807, 2.05) is 0 Å². The Morgan fingerprint density at radius 2 is 1.89 bits per heavy atom. The number of rotatable bonds is 4. The minimum absolute atomic E-state index is 0.0323. The number of amides is 1. The molecule has 0 saturated carbocycles. The average Bonchev–Trinajstić information content (AvgIpc) is 2.54. The Hall–Kier alpha value is -2.09. The van der Waals surface area contributed by atoms with Gasteiger partial charge in [-0.1, -0.05) is 11.6 Å². The zero-order valence-corrected chi connectivity index (χ0v) is 16.1. The number of alkyl halides is 1. The first-order valence-corrected chi connectivity index (χ1v) is 8.80. The number of likely N-dealkylation sites (tertiary alicyclic amines) is 1. The van der Waals surface area contributed by atoms with Crippen LogP contribution < -0.4 is 4.74 Å². The zero-order chi connectivity index (χ0) is 20.4. The van der Waals surface area contributed by atoms with Crippen molar-refractivity contribution in [2.45, 2.75) is 44.9 Å². The number of hydrogen-bond acceptors (Lipinski definition) is 4. The van der Waals surface area contributed by atoms with E-state index in [9.17, 15) is 18.4 Å². The molecular formula is C18H22ClF2NO5. The molecular weight excluding hydrogens is 384 g/mol. The Kier molecular flexibility index (Phi) is 6.19. The van der Waals surface area contributed by atoms with Crippen LogP contribution in [-0.4, -0.2) is 53.0 Å². The first-order chi connectivity index (χ1) is 12.4. The minimum Gasteiger partial charge on any atom is -0.489 e. The van der Waals surface area contributed by atoms with Gasteiger partial charge >= 0.3 is 12.1 Å². The molecule has 0 unspecified atom stereocenters. The topological polar surface area (TPSA) is 76.1 Å². The lowest BCUT2D eigenvalue weighted by atomic mass is 9.94. The summed E-state index contributed by atoms with van der Waals surface area (Å²) in [6.07, 6.45) is -1.16. The van der Waals surface area contributed by atoms with Gasteiger partial charge in [0, 0.05) is 32.0 Å². The number of carbonyl (C=O) groups is 2. The smallest absolute Gasteiger partial charge is 0.407 e. The molecule has 0 bridgehead atoms. The summed E-state index contributed by atoms with van der Waals surface area (Å²) in [5.41, 5.74) is -2.88. The predicted octanol–water partition coefficient (Wildman–Crippen LogP) is 4.30. The van der Waals surface area contributed by atoms with E-state index < -0.39 is 35.8 Å². The third-order valence-corrected chi connectivity index (χ3v) is 4.35. The number of carboxylic acid groups (broad SMARTS) is 1. The van der Waals surface area contributed by atoms with E-state index in [2.05, 4.69) is 0 Å². The zero-order valence-electron chi connectivity index (χ0n) is 15.4. The van der Waals surface area contributed by atoms with Gasteiger partial charge in [0.05, 0.1) is 10.6 Å². The van der Waals surface area contributed by atoms with E-state index in [1.165, 1.54) is 0 Å². The van der Waals surface area contributed by atoms with Crippen LogP contribution in [0.25, 0.3) is 0 Å². The van der Waals surface area contributed by atoms with Crippen LogP contribution >= 0.6 is 11.6 Å². The number of halogens is 3. The van der Waals surface area contributed by atoms with Crippen LogP contribution in [-0.2, 0) is 4.74 Å². The number of esters is 1. The summed E-state index contributed by atoms with van der Waals surface area (Å²) in [4.78, 5) is 24.0. The van der Waals surface area contributed by atoms with Crippen LogP contribution in [0.3, 0.4) is 0 Å². The van der Waals surface area contributed by atoms with Crippen LogP contribution in [0, 0.1) is 5.82 Å². The van der Waals surface area contributed by atoms with Gasteiger partial charge in [0.15, 0.2) is 0 Å². The number of piperidine rings is 1. The largest absolute Gasteiger partial charge is 0.489 e. The maximum atomic E-state index is 14.8. The molecule has 0 aliphatic carbocycles. The van der Waals surface area contributed by atoms with Gasteiger partial charge in [-0.15, -0.1) is 0 Å². The fourth-order valence-electron chi connectivity index (χ4n) is 2.58. The Morgan fingerprint density at radius 3 is 2.41 bits per heavy atom. The lowest BCUT2D eigenvalue weighted by molar-refractivity contribution is 0.00628. The molecule has 6 nitrogen and oxygen atoms in total. The standard InChI is InChI=1S/C18H22ClF2NO5/c1-17(2,3)27-15(23)11-8-12(19)14(9-13(11)20)26-10-18(21)4-6-22(7-5-18)16(24)25/h8-9H,4-7,10H2,1-3H3,(H,24,25). The van der Waals surface area contributed by atoms with Crippen molar-refractivity contribution < 1.29 is 33.0 Å². The maximum absolute atomic E-state index is 14.8. The lowest BCUT2D eigenvalue weighted by Crippen LogP contribution is -2.46. The Labute approximate surface area is 161 Å². The minimum atomic E-state index is -1.74. The predicted molar refractivity (Wildman–Crippen MR) is 94.7 cm³/mol. The summed E-state index contributed by atoms with van der Waals surface area (Å²) >= 11 is 6.04. The van der Waals surface area contributed by atoms with Gasteiger partial charge in [0.1, 0.15) is 29.4 Å². The van der Waals surface area contributed by atoms with Crippen molar-refractivity contribution in [1.82, 2.24) is 4.90 Å². The van der Waals surface area contributed by atoms with Crippen LogP contribution in [0.2, 0.25) is 5.02 Å². The van der Waals surface area contributed by atoms with Crippen molar-refractivity contribution in [3.63, 3.8) is 0 Å². The monoisotopic (exact) mass is 405 g/mol. The second-order valence-electron chi connectivity index (χ2n) is 7.47. The van der Waals surface area contributed by atoms with Crippen molar-refractivity contribution in [2.24, 2.45) is 0 Å². The normalized spacial score (nSPS) is 16.7. The summed E-state index contributed by atoms with van der Waals surface area (Å²) in [6, 6.07) is 2.00. The van der Waals surface area contributed by atoms with E-state index in [4.69, 9.17) is 26.2 Å². The molecule has 0 aromatic heterocycles. The van der Waals surface area contributed by atoms with Crippen LogP contribution in [0.5, 0.6) is 5.75 Å². The van der Waals surface area contributed by atoms with Crippen molar-refractivity contribution in [1.29, 1.82) is 0 Å². The molecule has 1 aromatic carbocycles. The highest BCUT2D eigenvalue weighted by molar-refractivity contribution is 6.32. The summed E-state index contributed by atoms with van der Waals surface area (Å²) in [5, 5.41) is 8.85. The SMILES string of the molecule is CC(C)(C)OC(=O)c1cc(Cl)c(OCC2(F)CCN(C(=O)O)CC2)cc1F. The second kappa shape index (κ2) is 7.88. The van der Waals surface area contributed by atoms with E-state index in [1.54, 1.807) is 20.8 Å². The molecule has 27 heavy (non-hydrogen) atoms. The molecule has 2 rings (SSSR count). The molecule has 1 N–H and O–H groups in total. The van der Waals surface area contributed by atoms with Crippen LogP contribution in [0.15, 0.2) is 12.1 Å². The third-order valence-electron chi connectivity index (χ3n) is 4.06. The first-order valence-electron chi connectivity index (χ1n) is 8.42. The number of ether oxygens (including phenoxy) is 2. The molecule has 1 fully saturated rings.